The Balaban J connectivity index is 0.0000118. The van der Waals surface area contributed by atoms with Gasteiger partial charge >= 0.3 is 7.12 Å². The first-order valence-electron chi connectivity index (χ1n) is 29.7. The summed E-state index contributed by atoms with van der Waals surface area (Å²) in [6.07, 6.45) is -3.05. The van der Waals surface area contributed by atoms with Crippen molar-refractivity contribution in [1.82, 2.24) is 26.6 Å². The van der Waals surface area contributed by atoms with Crippen LogP contribution in [0.2, 0.25) is 28.2 Å². The number of halogens is 2. The number of methoxy groups -OCH3 is 3. The minimum absolute atomic E-state index is 0. The van der Waals surface area contributed by atoms with Gasteiger partial charge in [0.25, 0.3) is 0 Å². The third-order valence-electron chi connectivity index (χ3n) is 17.3. The predicted molar refractivity (Wildman–Crippen MR) is 345 cm³/mol. The normalized spacial score (nSPS) is 21.8. The van der Waals surface area contributed by atoms with Gasteiger partial charge in [0.05, 0.1) is 61.3 Å². The summed E-state index contributed by atoms with van der Waals surface area (Å²) >= 11 is 14.4. The lowest BCUT2D eigenvalue weighted by molar-refractivity contribution is -0.137. The SMILES string of the molecule is CN[C@@H](CC(C)C)C(=O)N[C@H]1C(=O)C[C@@H](CC(N)=O)C(=O)N[C@H]2C(=O)C[C@H]3C(=O)N[C@H](C(=O)N[C@@H](B(O)O)c4cc(C)cc(OC)c4-c4cc3ccc4OC)[C@H](C)c3ccc(c(Cl)c3)Oc3cc2cc(c3OC)Oc2ccc(cc2Cl)[C@H]1O[Si](C)(C)C(C)(C)C.[HH]. The van der Waals surface area contributed by atoms with Crippen LogP contribution in [-0.2, 0) is 38.0 Å². The number of fused-ring (bicyclic) bond motifs is 15. The van der Waals surface area contributed by atoms with Gasteiger partial charge in [-0.3, -0.25) is 33.6 Å². The van der Waals surface area contributed by atoms with Gasteiger partial charge in [0, 0.05) is 37.7 Å². The summed E-state index contributed by atoms with van der Waals surface area (Å²) in [5, 5.41) is 36.4. The van der Waals surface area contributed by atoms with Crippen LogP contribution in [0.15, 0.2) is 78.9 Å². The van der Waals surface area contributed by atoms with E-state index in [9.17, 15) is 19.6 Å². The van der Waals surface area contributed by atoms with E-state index in [0.29, 0.717) is 23.1 Å². The van der Waals surface area contributed by atoms with Crippen LogP contribution in [0.1, 0.15) is 132 Å². The lowest BCUT2D eigenvalue weighted by Gasteiger charge is -2.42. The zero-order valence-electron chi connectivity index (χ0n) is 52.7. The molecule has 5 heterocycles. The number of amides is 5. The van der Waals surface area contributed by atoms with Gasteiger partial charge in [-0.25, -0.2) is 0 Å². The molecule has 90 heavy (non-hydrogen) atoms. The van der Waals surface area contributed by atoms with Crippen molar-refractivity contribution >= 4 is 79.7 Å². The third-order valence-corrected chi connectivity index (χ3v) is 22.4. The minimum atomic E-state index is -2.93. The Morgan fingerprint density at radius 1 is 0.767 bits per heavy atom. The monoisotopic (exact) mass is 1290 g/mol. The van der Waals surface area contributed by atoms with Gasteiger partial charge in [-0.05, 0) is 132 Å². The molecule has 11 bridgehead atoms. The molecule has 0 fully saturated rings. The second kappa shape index (κ2) is 27.9. The summed E-state index contributed by atoms with van der Waals surface area (Å²) in [4.78, 5) is 106. The highest BCUT2D eigenvalue weighted by Crippen LogP contribution is 2.50. The van der Waals surface area contributed by atoms with Gasteiger partial charge < -0.3 is 70.5 Å². The second-order valence-electron chi connectivity index (χ2n) is 25.2. The van der Waals surface area contributed by atoms with E-state index in [4.69, 9.17) is 57.0 Å². The lowest BCUT2D eigenvalue weighted by Crippen LogP contribution is -2.55. The molecule has 10 rings (SSSR count). The molecule has 9 atom stereocenters. The molecule has 5 aromatic carbocycles. The molecule has 5 aliphatic heterocycles. The summed E-state index contributed by atoms with van der Waals surface area (Å²) in [5.74, 6) is -11.1. The molecule has 21 nitrogen and oxygen atoms in total. The highest BCUT2D eigenvalue weighted by atomic mass is 35.5. The number of likely N-dealkylation sites (N-methyl/N-ethyl adjacent to an activating group) is 1. The van der Waals surface area contributed by atoms with Crippen LogP contribution in [-0.4, -0.2) is 113 Å². The average molecular weight is 1300 g/mol. The van der Waals surface area contributed by atoms with Crippen molar-refractivity contribution in [2.24, 2.45) is 17.6 Å². The van der Waals surface area contributed by atoms with Gasteiger partial charge in [-0.2, -0.15) is 0 Å². The first-order chi connectivity index (χ1) is 42.4. The van der Waals surface area contributed by atoms with E-state index in [1.54, 1.807) is 75.5 Å². The maximum atomic E-state index is 16.1. The molecule has 0 saturated carbocycles. The van der Waals surface area contributed by atoms with Gasteiger partial charge in [-0.15, -0.1) is 0 Å². The first-order valence-corrected chi connectivity index (χ1v) is 33.3. The van der Waals surface area contributed by atoms with Crippen molar-refractivity contribution in [3.05, 3.63) is 122 Å². The number of Topliss-reactive ketones (excluding diaryl/α,β-unsaturated/α-hetero) is 2. The molecule has 9 N–H and O–H groups in total. The van der Waals surface area contributed by atoms with Crippen molar-refractivity contribution in [3.63, 3.8) is 0 Å². The molecular formula is C65H81BCl2N6O15Si. The largest absolute Gasteiger partial charge is 0.496 e. The van der Waals surface area contributed by atoms with Crippen LogP contribution in [0.3, 0.4) is 0 Å². The van der Waals surface area contributed by atoms with E-state index < -0.39 is 135 Å². The summed E-state index contributed by atoms with van der Waals surface area (Å²) in [6, 6.07) is 14.7. The van der Waals surface area contributed by atoms with Crippen LogP contribution < -0.4 is 56.0 Å². The lowest BCUT2D eigenvalue weighted by atomic mass is 9.71. The Bertz CT molecular complexity index is 3630. The zero-order chi connectivity index (χ0) is 66.0. The molecule has 5 aliphatic rings. The first kappa shape index (κ1) is 68.4. The van der Waals surface area contributed by atoms with Crippen LogP contribution in [0.4, 0.5) is 0 Å². The minimum Gasteiger partial charge on any atom is -0.496 e. The van der Waals surface area contributed by atoms with Crippen molar-refractivity contribution in [1.29, 1.82) is 0 Å². The van der Waals surface area contributed by atoms with E-state index in [0.717, 1.165) is 0 Å². The van der Waals surface area contributed by atoms with Crippen molar-refractivity contribution < 1.29 is 73.1 Å². The Kier molecular flexibility index (Phi) is 21.2. The summed E-state index contributed by atoms with van der Waals surface area (Å²) in [7, 11) is 0.653. The van der Waals surface area contributed by atoms with E-state index >= 15 is 24.0 Å². The van der Waals surface area contributed by atoms with E-state index in [-0.39, 0.29) is 85.5 Å². The number of hydrogen-bond donors (Lipinski definition) is 8. The Morgan fingerprint density at radius 3 is 1.93 bits per heavy atom. The van der Waals surface area contributed by atoms with Crippen molar-refractivity contribution in [3.8, 4) is 51.4 Å². The highest BCUT2D eigenvalue weighted by Gasteiger charge is 2.46. The molecule has 0 saturated heterocycles. The molecular weight excluding hydrogens is 1210 g/mol. The standard InChI is InChI=1S/C65H79BCl2N6O15Si.H2/c1-31(2)20-44(70-8)63(80)73-57-45(75)26-38(29-53(69)77)61(78)72-56-37-27-51(59(86-11)52(28-37)88-49-19-16-36(25-43(49)68)58(57)89-90(12,13)65(5,6)7)87-48-18-14-34(24-42(48)67)33(4)55-64(81)74-60(66(82)83)41-21-32(3)22-50(85-10)54(41)40-23-35(15-17-47(40)84-9)39(30-46(56)76)62(79)71-55;/h14-19,21-25,27-28,31,33,38-39,44,55-58,60,70,82-83H,20,26,29-30H2,1-13H3,(H2,69,77)(H,71,79)(H,72,78)(H,73,80)(H,74,81);1H/t33-,38+,39-,44+,55+,56-,57+,58-,60-;/m1./s1. The number of nitrogens with one attached hydrogen (secondary N) is 5. The fourth-order valence-electron chi connectivity index (χ4n) is 11.4. The smallest absolute Gasteiger partial charge is 0.480 e. The Morgan fingerprint density at radius 2 is 1.38 bits per heavy atom. The average Bonchev–Trinajstić information content (AvgIpc) is 0.807. The maximum absolute atomic E-state index is 16.1. The number of hydrogen-bond acceptors (Lipinski definition) is 16. The van der Waals surface area contributed by atoms with Crippen molar-refractivity contribution in [2.45, 2.75) is 140 Å². The third kappa shape index (κ3) is 14.8. The van der Waals surface area contributed by atoms with Gasteiger partial charge in [-0.1, -0.05) is 89.0 Å². The molecule has 0 spiro atoms. The topological polar surface area (TPSA) is 302 Å². The molecule has 482 valence electrons. The fraction of sp³-hybridized carbons (Fsp3) is 0.431. The van der Waals surface area contributed by atoms with Gasteiger partial charge in [0.15, 0.2) is 31.4 Å². The highest BCUT2D eigenvalue weighted by molar-refractivity contribution is 6.74. The van der Waals surface area contributed by atoms with Gasteiger partial charge in [0.2, 0.25) is 35.3 Å². The molecule has 0 unspecified atom stereocenters. The maximum Gasteiger partial charge on any atom is 0.480 e. The van der Waals surface area contributed by atoms with Gasteiger partial charge in [0.1, 0.15) is 41.1 Å². The number of carbonyl (C=O) groups is 7. The molecule has 5 amide bonds. The van der Waals surface area contributed by atoms with E-state index in [2.05, 4.69) is 26.6 Å². The van der Waals surface area contributed by atoms with E-state index in [1.165, 1.54) is 45.6 Å². The summed E-state index contributed by atoms with van der Waals surface area (Å²) in [5.41, 5.74) is 8.22. The van der Waals surface area contributed by atoms with E-state index in [1.807, 2.05) is 47.7 Å². The summed E-state index contributed by atoms with van der Waals surface area (Å²) < 4.78 is 38.3. The second-order valence-corrected chi connectivity index (χ2v) is 30.7. The van der Waals surface area contributed by atoms with Crippen LogP contribution >= 0.6 is 23.2 Å². The number of carbonyl (C=O) groups excluding carboxylic acids is 7. The molecule has 0 radical (unpaired) electrons. The van der Waals surface area contributed by atoms with Crippen molar-refractivity contribution in [2.75, 3.05) is 28.4 Å². The molecule has 5 aromatic rings. The van der Waals surface area contributed by atoms with Crippen LogP contribution in [0.25, 0.3) is 11.1 Å². The quantitative estimate of drug-likeness (QED) is 0.0510. The molecule has 25 heteroatoms. The molecule has 0 aliphatic carbocycles. The number of nitrogens with two attached hydrogens (primary N) is 1. The zero-order valence-corrected chi connectivity index (χ0v) is 55.2. The van der Waals surface area contributed by atoms with Crippen LogP contribution in [0, 0.1) is 18.8 Å². The number of benzene rings is 5. The number of primary amides is 1. The summed E-state index contributed by atoms with van der Waals surface area (Å²) in [6.45, 7) is 17.3. The number of ether oxygens (including phenoxy) is 5. The number of ketones is 2. The number of rotatable bonds is 13. The Hall–Kier alpha value is -7.51. The number of aryl methyl sites for hydroxylation is 1. The molecule has 0 aromatic heterocycles. The Labute approximate surface area is 536 Å². The predicted octanol–water partition coefficient (Wildman–Crippen LogP) is 9.16. The van der Waals surface area contributed by atoms with Crippen LogP contribution in [0.5, 0.6) is 40.2 Å². The fourth-order valence-corrected chi connectivity index (χ4v) is 13.2.